The van der Waals surface area contributed by atoms with Crippen molar-refractivity contribution >= 4 is 11.9 Å². The van der Waals surface area contributed by atoms with Gasteiger partial charge in [0.25, 0.3) is 0 Å². The summed E-state index contributed by atoms with van der Waals surface area (Å²) in [6, 6.07) is -0.542. The minimum absolute atomic E-state index is 0.00863. The number of allylic oxidation sites excluding steroid dienone is 2. The third kappa shape index (κ3) is 55.9. The average Bonchev–Trinajstić information content (AvgIpc) is 3.36. The quantitative estimate of drug-likeness (QED) is 0.0321. The summed E-state index contributed by atoms with van der Waals surface area (Å²) in [6.07, 6.45) is 72.2. The molecule has 6 heteroatoms. The van der Waals surface area contributed by atoms with Gasteiger partial charge in [0.2, 0.25) is 5.91 Å². The van der Waals surface area contributed by atoms with Crippen LogP contribution >= 0.6 is 0 Å². The fraction of sp³-hybridized carbons (Fsp3) is 0.938. The van der Waals surface area contributed by atoms with E-state index >= 15 is 0 Å². The van der Waals surface area contributed by atoms with Gasteiger partial charge in [-0.05, 0) is 51.4 Å². The third-order valence-electron chi connectivity index (χ3n) is 15.1. The van der Waals surface area contributed by atoms with Crippen molar-refractivity contribution in [3.8, 4) is 0 Å². The van der Waals surface area contributed by atoms with Gasteiger partial charge in [0.15, 0.2) is 0 Å². The van der Waals surface area contributed by atoms with Gasteiger partial charge in [-0.1, -0.05) is 309 Å². The van der Waals surface area contributed by atoms with Gasteiger partial charge in [-0.15, -0.1) is 0 Å². The maximum atomic E-state index is 12.5. The van der Waals surface area contributed by atoms with Crippen LogP contribution in [0.1, 0.15) is 361 Å². The fourth-order valence-electron chi connectivity index (χ4n) is 10.2. The van der Waals surface area contributed by atoms with E-state index in [0.717, 1.165) is 44.9 Å². The van der Waals surface area contributed by atoms with Crippen molar-refractivity contribution in [2.24, 2.45) is 0 Å². The van der Waals surface area contributed by atoms with E-state index in [1.165, 1.54) is 283 Å². The molecule has 0 saturated heterocycles. The Kier molecular flexibility index (Phi) is 59.0. The van der Waals surface area contributed by atoms with E-state index in [1.807, 2.05) is 0 Å². The van der Waals surface area contributed by atoms with E-state index in [9.17, 15) is 19.8 Å². The van der Waals surface area contributed by atoms with Gasteiger partial charge >= 0.3 is 5.97 Å². The number of carbonyl (C=O) groups is 2. The zero-order chi connectivity index (χ0) is 50.7. The van der Waals surface area contributed by atoms with Crippen LogP contribution in [-0.4, -0.2) is 47.4 Å². The predicted molar refractivity (Wildman–Crippen MR) is 306 cm³/mol. The van der Waals surface area contributed by atoms with Gasteiger partial charge in [-0.3, -0.25) is 9.59 Å². The summed E-state index contributed by atoms with van der Waals surface area (Å²) < 4.78 is 5.50. The third-order valence-corrected chi connectivity index (χ3v) is 15.1. The number of ether oxygens (including phenoxy) is 1. The molecule has 0 aromatic rings. The number of aliphatic hydroxyl groups excluding tert-OH is 2. The van der Waals surface area contributed by atoms with Crippen LogP contribution in [-0.2, 0) is 14.3 Å². The van der Waals surface area contributed by atoms with Crippen molar-refractivity contribution in [3.05, 3.63) is 12.2 Å². The number of hydrogen-bond acceptors (Lipinski definition) is 5. The Morgan fingerprint density at radius 1 is 0.386 bits per heavy atom. The molecule has 0 rings (SSSR count). The average molecular weight is 989 g/mol. The van der Waals surface area contributed by atoms with Crippen LogP contribution in [0.2, 0.25) is 0 Å². The van der Waals surface area contributed by atoms with Crippen molar-refractivity contribution in [2.45, 2.75) is 373 Å². The molecule has 416 valence electrons. The van der Waals surface area contributed by atoms with Gasteiger partial charge in [0, 0.05) is 12.8 Å². The summed E-state index contributed by atoms with van der Waals surface area (Å²) in [7, 11) is 0. The molecule has 2 unspecified atom stereocenters. The van der Waals surface area contributed by atoms with Gasteiger partial charge in [0.1, 0.15) is 0 Å². The highest BCUT2D eigenvalue weighted by Gasteiger charge is 2.20. The van der Waals surface area contributed by atoms with E-state index < -0.39 is 12.1 Å². The normalized spacial score (nSPS) is 12.6. The molecule has 3 N–H and O–H groups in total. The topological polar surface area (TPSA) is 95.9 Å². The molecule has 1 amide bonds. The molecule has 0 spiro atoms. The molecule has 0 aliphatic heterocycles. The largest absolute Gasteiger partial charge is 0.466 e. The minimum Gasteiger partial charge on any atom is -0.466 e. The standard InChI is InChI=1S/C64H125NO5/c1-3-5-7-9-11-13-15-17-19-20-26-30-34-38-42-46-50-54-58-64(69)70-59-55-51-47-43-39-35-31-27-24-22-21-23-25-29-33-37-41-45-49-53-57-63(68)65-61(60-66)62(67)56-52-48-44-40-36-32-28-18-16-14-12-10-8-6-4-2/h19-20,61-62,66-67H,3-18,21-60H2,1-2H3,(H,65,68)/b20-19-. The SMILES string of the molecule is CCCCCCCCC/C=C\CCCCCCCCCC(=O)OCCCCCCCCCCCCCCCCCCCCCCC(=O)NC(CO)C(O)CCCCCCCCCCCCCCCCC. The molecule has 0 aromatic heterocycles. The Hall–Kier alpha value is -1.40. The first kappa shape index (κ1) is 68.6. The molecule has 0 saturated carbocycles. The molecule has 0 fully saturated rings. The second-order valence-corrected chi connectivity index (χ2v) is 22.1. The first-order valence-electron chi connectivity index (χ1n) is 31.9. The minimum atomic E-state index is -0.665. The summed E-state index contributed by atoms with van der Waals surface area (Å²) in [6.45, 7) is 4.97. The monoisotopic (exact) mass is 988 g/mol. The number of amides is 1. The van der Waals surface area contributed by atoms with Gasteiger partial charge < -0.3 is 20.3 Å². The smallest absolute Gasteiger partial charge is 0.305 e. The van der Waals surface area contributed by atoms with E-state index in [2.05, 4.69) is 31.3 Å². The summed E-state index contributed by atoms with van der Waals surface area (Å²) >= 11 is 0. The maximum Gasteiger partial charge on any atom is 0.305 e. The van der Waals surface area contributed by atoms with Crippen molar-refractivity contribution in [3.63, 3.8) is 0 Å². The van der Waals surface area contributed by atoms with Crippen molar-refractivity contribution in [1.82, 2.24) is 5.32 Å². The Bertz CT molecular complexity index is 1050. The number of nitrogens with one attached hydrogen (secondary N) is 1. The van der Waals surface area contributed by atoms with E-state index in [0.29, 0.717) is 25.9 Å². The van der Waals surface area contributed by atoms with Crippen molar-refractivity contribution in [1.29, 1.82) is 0 Å². The molecule has 0 aliphatic rings. The van der Waals surface area contributed by atoms with Gasteiger partial charge in [0.05, 0.1) is 25.4 Å². The molecular formula is C64H125NO5. The van der Waals surface area contributed by atoms with Crippen molar-refractivity contribution in [2.75, 3.05) is 13.2 Å². The number of esters is 1. The Morgan fingerprint density at radius 2 is 0.671 bits per heavy atom. The van der Waals surface area contributed by atoms with Crippen LogP contribution in [0.5, 0.6) is 0 Å². The second-order valence-electron chi connectivity index (χ2n) is 22.1. The number of aliphatic hydroxyl groups is 2. The van der Waals surface area contributed by atoms with Crippen LogP contribution in [0, 0.1) is 0 Å². The highest BCUT2D eigenvalue weighted by Crippen LogP contribution is 2.18. The molecule has 0 aromatic carbocycles. The molecular weight excluding hydrogens is 863 g/mol. The van der Waals surface area contributed by atoms with E-state index in [-0.39, 0.29) is 18.5 Å². The maximum absolute atomic E-state index is 12.5. The van der Waals surface area contributed by atoms with E-state index in [1.54, 1.807) is 0 Å². The summed E-state index contributed by atoms with van der Waals surface area (Å²) in [5.74, 6) is -0.0256. The van der Waals surface area contributed by atoms with E-state index in [4.69, 9.17) is 4.74 Å². The lowest BCUT2D eigenvalue weighted by Gasteiger charge is -2.22. The lowest BCUT2D eigenvalue weighted by molar-refractivity contribution is -0.143. The first-order chi connectivity index (χ1) is 34.5. The summed E-state index contributed by atoms with van der Waals surface area (Å²) in [4.78, 5) is 24.6. The molecule has 0 aliphatic carbocycles. The Balaban J connectivity index is 3.37. The lowest BCUT2D eigenvalue weighted by atomic mass is 10.0. The molecule has 6 nitrogen and oxygen atoms in total. The van der Waals surface area contributed by atoms with Crippen molar-refractivity contribution < 1.29 is 24.5 Å². The van der Waals surface area contributed by atoms with Gasteiger partial charge in [-0.25, -0.2) is 0 Å². The fourth-order valence-corrected chi connectivity index (χ4v) is 10.2. The number of hydrogen-bond donors (Lipinski definition) is 3. The molecule has 0 heterocycles. The zero-order valence-electron chi connectivity index (χ0n) is 47.5. The second kappa shape index (κ2) is 60.2. The molecule has 0 bridgehead atoms. The van der Waals surface area contributed by atoms with Crippen LogP contribution < -0.4 is 5.32 Å². The summed E-state index contributed by atoms with van der Waals surface area (Å²) in [5.41, 5.74) is 0. The zero-order valence-corrected chi connectivity index (χ0v) is 47.5. The number of carbonyl (C=O) groups excluding carboxylic acids is 2. The molecule has 2 atom stereocenters. The first-order valence-corrected chi connectivity index (χ1v) is 31.9. The van der Waals surface area contributed by atoms with Crippen LogP contribution in [0.4, 0.5) is 0 Å². The highest BCUT2D eigenvalue weighted by molar-refractivity contribution is 5.76. The number of unbranched alkanes of at least 4 members (excludes halogenated alkanes) is 47. The van der Waals surface area contributed by atoms with Crippen LogP contribution in [0.25, 0.3) is 0 Å². The molecule has 0 radical (unpaired) electrons. The Morgan fingerprint density at radius 3 is 1.01 bits per heavy atom. The predicted octanol–water partition coefficient (Wildman–Crippen LogP) is 20.0. The van der Waals surface area contributed by atoms with Gasteiger partial charge in [-0.2, -0.15) is 0 Å². The van der Waals surface area contributed by atoms with Crippen LogP contribution in [0.15, 0.2) is 12.2 Å². The Labute approximate surface area is 438 Å². The van der Waals surface area contributed by atoms with Crippen LogP contribution in [0.3, 0.4) is 0 Å². The summed E-state index contributed by atoms with van der Waals surface area (Å²) in [5, 5.41) is 23.3. The highest BCUT2D eigenvalue weighted by atomic mass is 16.5. The number of rotatable bonds is 60. The molecule has 70 heavy (non-hydrogen) atoms. The lowest BCUT2D eigenvalue weighted by Crippen LogP contribution is -2.45.